The van der Waals surface area contributed by atoms with Gasteiger partial charge in [-0.05, 0) is 31.6 Å². The van der Waals surface area contributed by atoms with E-state index < -0.39 is 0 Å². The Hall–Kier alpha value is -1.36. The maximum absolute atomic E-state index is 6.49. The topological polar surface area (TPSA) is 47.1 Å². The van der Waals surface area contributed by atoms with Crippen molar-refractivity contribution in [1.82, 2.24) is 14.7 Å². The highest BCUT2D eigenvalue weighted by Crippen LogP contribution is 2.28. The second kappa shape index (κ2) is 7.07. The summed E-state index contributed by atoms with van der Waals surface area (Å²) in [5.74, 6) is 0. The van der Waals surface area contributed by atoms with Crippen LogP contribution in [0.15, 0.2) is 30.5 Å². The van der Waals surface area contributed by atoms with Crippen LogP contribution >= 0.6 is 11.6 Å². The van der Waals surface area contributed by atoms with Gasteiger partial charge in [-0.15, -0.1) is 0 Å². The Kier molecular flexibility index (Phi) is 5.39. The lowest BCUT2D eigenvalue weighted by Gasteiger charge is -2.19. The van der Waals surface area contributed by atoms with Crippen molar-refractivity contribution in [3.63, 3.8) is 0 Å². The van der Waals surface area contributed by atoms with Gasteiger partial charge in [-0.25, -0.2) is 0 Å². The Morgan fingerprint density at radius 1 is 1.33 bits per heavy atom. The van der Waals surface area contributed by atoms with E-state index in [1.165, 1.54) is 5.56 Å². The molecule has 2 N–H and O–H groups in total. The van der Waals surface area contributed by atoms with Crippen LogP contribution in [0.5, 0.6) is 0 Å². The molecule has 2 aromatic rings. The van der Waals surface area contributed by atoms with E-state index in [2.05, 4.69) is 29.1 Å². The smallest absolute Gasteiger partial charge is 0.0837 e. The van der Waals surface area contributed by atoms with Crippen molar-refractivity contribution in [3.05, 3.63) is 52.3 Å². The van der Waals surface area contributed by atoms with Gasteiger partial charge < -0.3 is 10.6 Å². The molecule has 0 saturated heterocycles. The summed E-state index contributed by atoms with van der Waals surface area (Å²) < 4.78 is 1.92. The maximum atomic E-state index is 6.49. The van der Waals surface area contributed by atoms with Gasteiger partial charge in [-0.1, -0.05) is 42.8 Å². The average molecular weight is 307 g/mol. The van der Waals surface area contributed by atoms with Crippen molar-refractivity contribution in [2.45, 2.75) is 25.9 Å². The maximum Gasteiger partial charge on any atom is 0.0837 e. The number of benzene rings is 1. The quantitative estimate of drug-likeness (QED) is 0.892. The molecule has 1 unspecified atom stereocenters. The van der Waals surface area contributed by atoms with Crippen LogP contribution in [0.2, 0.25) is 5.02 Å². The third kappa shape index (κ3) is 3.64. The molecule has 4 nitrogen and oxygen atoms in total. The molecule has 0 aliphatic rings. The first-order valence-electron chi connectivity index (χ1n) is 7.24. The monoisotopic (exact) mass is 306 g/mol. The van der Waals surface area contributed by atoms with Crippen LogP contribution in [0.1, 0.15) is 29.8 Å². The first-order chi connectivity index (χ1) is 10.0. The van der Waals surface area contributed by atoms with Gasteiger partial charge in [0.1, 0.15) is 0 Å². The first-order valence-corrected chi connectivity index (χ1v) is 7.61. The molecule has 0 radical (unpaired) electrons. The van der Waals surface area contributed by atoms with Gasteiger partial charge in [-0.2, -0.15) is 5.10 Å². The predicted octanol–water partition coefficient (Wildman–Crippen LogP) is 2.71. The van der Waals surface area contributed by atoms with Crippen molar-refractivity contribution >= 4 is 11.6 Å². The molecule has 0 spiro atoms. The zero-order valence-corrected chi connectivity index (χ0v) is 13.6. The lowest BCUT2D eigenvalue weighted by molar-refractivity contribution is 0.368. The molecule has 0 fully saturated rings. The van der Waals surface area contributed by atoms with Gasteiger partial charge >= 0.3 is 0 Å². The summed E-state index contributed by atoms with van der Waals surface area (Å²) in [6, 6.07) is 7.99. The summed E-state index contributed by atoms with van der Waals surface area (Å²) in [6.45, 7) is 3.81. The van der Waals surface area contributed by atoms with E-state index in [1.54, 1.807) is 6.20 Å². The first kappa shape index (κ1) is 16.0. The predicted molar refractivity (Wildman–Crippen MR) is 87.6 cm³/mol. The second-order valence-corrected chi connectivity index (χ2v) is 5.84. The summed E-state index contributed by atoms with van der Waals surface area (Å²) in [7, 11) is 4.08. The lowest BCUT2D eigenvalue weighted by Crippen LogP contribution is -2.24. The number of hydrogen-bond acceptors (Lipinski definition) is 3. The summed E-state index contributed by atoms with van der Waals surface area (Å²) in [5, 5.41) is 5.00. The third-order valence-electron chi connectivity index (χ3n) is 3.66. The van der Waals surface area contributed by atoms with Crippen LogP contribution in [0.4, 0.5) is 0 Å². The number of nitrogens with zero attached hydrogens (tertiary/aromatic N) is 3. The fourth-order valence-corrected chi connectivity index (χ4v) is 2.72. The Morgan fingerprint density at radius 3 is 2.71 bits per heavy atom. The minimum atomic E-state index is -0.252. The molecule has 0 bridgehead atoms. The van der Waals surface area contributed by atoms with E-state index >= 15 is 0 Å². The minimum Gasteiger partial charge on any atom is -0.319 e. The minimum absolute atomic E-state index is 0.252. The zero-order valence-electron chi connectivity index (χ0n) is 12.9. The highest BCUT2D eigenvalue weighted by atomic mass is 35.5. The molecule has 2 rings (SSSR count). The van der Waals surface area contributed by atoms with Crippen LogP contribution in [0.25, 0.3) is 0 Å². The van der Waals surface area contributed by atoms with E-state index in [0.29, 0.717) is 5.02 Å². The highest BCUT2D eigenvalue weighted by Gasteiger charge is 2.20. The number of likely N-dealkylation sites (N-methyl/N-ethyl adjacent to an activating group) is 1. The van der Waals surface area contributed by atoms with Gasteiger partial charge in [0.2, 0.25) is 0 Å². The van der Waals surface area contributed by atoms with Crippen molar-refractivity contribution in [2.24, 2.45) is 5.73 Å². The molecule has 1 aromatic carbocycles. The largest absolute Gasteiger partial charge is 0.319 e. The summed E-state index contributed by atoms with van der Waals surface area (Å²) in [5.41, 5.74) is 9.74. The Labute approximate surface area is 131 Å². The number of aryl methyl sites for hydroxylation is 1. The standard InChI is InChI=1S/C16H23ClN4/c1-4-12-7-5-6-8-13(12)15(18)16-14(17)11-19-21(16)10-9-20(2)3/h5-8,11,15H,4,9-10,18H2,1-3H3. The lowest BCUT2D eigenvalue weighted by atomic mass is 9.97. The molecule has 0 saturated carbocycles. The Balaban J connectivity index is 2.34. The normalized spacial score (nSPS) is 12.9. The van der Waals surface area contributed by atoms with E-state index in [1.807, 2.05) is 30.9 Å². The summed E-state index contributed by atoms with van der Waals surface area (Å²) >= 11 is 6.32. The molecule has 5 heteroatoms. The van der Waals surface area contributed by atoms with Gasteiger partial charge in [-0.3, -0.25) is 4.68 Å². The Bertz CT molecular complexity index is 592. The van der Waals surface area contributed by atoms with Gasteiger partial charge in [0.05, 0.1) is 29.5 Å². The second-order valence-electron chi connectivity index (χ2n) is 5.43. The van der Waals surface area contributed by atoms with Crippen molar-refractivity contribution in [2.75, 3.05) is 20.6 Å². The summed E-state index contributed by atoms with van der Waals surface area (Å²) in [6.07, 6.45) is 2.63. The molecule has 0 aliphatic heterocycles. The molecule has 1 aromatic heterocycles. The van der Waals surface area contributed by atoms with Gasteiger partial charge in [0.15, 0.2) is 0 Å². The van der Waals surface area contributed by atoms with Crippen LogP contribution in [-0.4, -0.2) is 35.3 Å². The zero-order chi connectivity index (χ0) is 15.4. The molecule has 21 heavy (non-hydrogen) atoms. The molecule has 1 heterocycles. The van der Waals surface area contributed by atoms with Crippen LogP contribution in [0.3, 0.4) is 0 Å². The molecular formula is C16H23ClN4. The number of nitrogens with two attached hydrogens (primary N) is 1. The van der Waals surface area contributed by atoms with E-state index in [9.17, 15) is 0 Å². The Morgan fingerprint density at radius 2 is 2.05 bits per heavy atom. The molecular weight excluding hydrogens is 284 g/mol. The van der Waals surface area contributed by atoms with Crippen LogP contribution < -0.4 is 5.73 Å². The average Bonchev–Trinajstić information content (AvgIpc) is 2.85. The number of halogens is 1. The van der Waals surface area contributed by atoms with Crippen molar-refractivity contribution in [1.29, 1.82) is 0 Å². The molecule has 1 atom stereocenters. The fraction of sp³-hybridized carbons (Fsp3) is 0.438. The molecule has 0 amide bonds. The highest BCUT2D eigenvalue weighted by molar-refractivity contribution is 6.31. The van der Waals surface area contributed by atoms with Crippen LogP contribution in [-0.2, 0) is 13.0 Å². The van der Waals surface area contributed by atoms with Gasteiger partial charge in [0, 0.05) is 6.54 Å². The SMILES string of the molecule is CCc1ccccc1C(N)c1c(Cl)cnn1CCN(C)C. The van der Waals surface area contributed by atoms with Crippen molar-refractivity contribution < 1.29 is 0 Å². The third-order valence-corrected chi connectivity index (χ3v) is 3.95. The van der Waals surface area contributed by atoms with Crippen LogP contribution in [0, 0.1) is 0 Å². The van der Waals surface area contributed by atoms with E-state index in [-0.39, 0.29) is 6.04 Å². The fourth-order valence-electron chi connectivity index (χ4n) is 2.46. The van der Waals surface area contributed by atoms with E-state index in [4.69, 9.17) is 17.3 Å². The van der Waals surface area contributed by atoms with Crippen molar-refractivity contribution in [3.8, 4) is 0 Å². The number of hydrogen-bond donors (Lipinski definition) is 1. The summed E-state index contributed by atoms with van der Waals surface area (Å²) in [4.78, 5) is 2.12. The molecule has 0 aliphatic carbocycles. The number of aromatic nitrogens is 2. The number of rotatable bonds is 6. The molecule has 114 valence electrons. The van der Waals surface area contributed by atoms with E-state index in [0.717, 1.165) is 30.8 Å². The van der Waals surface area contributed by atoms with Gasteiger partial charge in [0.25, 0.3) is 0 Å².